The van der Waals surface area contributed by atoms with Gasteiger partial charge in [0.2, 0.25) is 0 Å². The number of pyridine rings is 1. The van der Waals surface area contributed by atoms with Crippen molar-refractivity contribution in [3.8, 4) is 0 Å². The zero-order valence-electron chi connectivity index (χ0n) is 12.3. The fraction of sp³-hybridized carbons (Fsp3) is 0.389. The average Bonchev–Trinajstić information content (AvgIpc) is 2.50. The number of nitrogens with zero attached hydrogens (tertiary/aromatic N) is 1. The molecule has 0 saturated heterocycles. The largest absolute Gasteiger partial charge is 0.309 e. The van der Waals surface area contributed by atoms with Gasteiger partial charge in [0, 0.05) is 11.4 Å². The van der Waals surface area contributed by atoms with Crippen molar-refractivity contribution >= 4 is 10.9 Å². The van der Waals surface area contributed by atoms with Gasteiger partial charge in [-0.1, -0.05) is 37.3 Å². The Labute approximate surface area is 121 Å². The Morgan fingerprint density at radius 1 is 1.25 bits per heavy atom. The Morgan fingerprint density at radius 3 is 2.90 bits per heavy atom. The monoisotopic (exact) mass is 268 g/mol. The highest BCUT2D eigenvalue weighted by Gasteiger charge is 2.12. The van der Waals surface area contributed by atoms with E-state index in [-0.39, 0.29) is 0 Å². The van der Waals surface area contributed by atoms with Gasteiger partial charge in [0.05, 0.1) is 11.2 Å². The molecule has 1 N–H and O–H groups in total. The molecule has 2 nitrogen and oxygen atoms in total. The second-order valence-electron chi connectivity index (χ2n) is 5.16. The van der Waals surface area contributed by atoms with Gasteiger partial charge in [0.15, 0.2) is 0 Å². The summed E-state index contributed by atoms with van der Waals surface area (Å²) in [5.74, 6) is 0. The number of nitrogens with one attached hydrogen (secondary N) is 1. The Hall–Kier alpha value is -1.67. The maximum atomic E-state index is 4.82. The fourth-order valence-corrected chi connectivity index (χ4v) is 2.42. The van der Waals surface area contributed by atoms with Gasteiger partial charge in [-0.05, 0) is 44.4 Å². The standard InChI is InChI=1S/C18H24N2/c1-3-5-6-11-17(19-14-4-2)18-13-12-15-9-7-8-10-16(15)20-18/h3,7-10,12-13,17,19H,1,4-6,11,14H2,2H3. The Kier molecular flexibility index (Phi) is 5.75. The first-order chi connectivity index (χ1) is 9.85. The van der Waals surface area contributed by atoms with Crippen LogP contribution in [0.25, 0.3) is 10.9 Å². The van der Waals surface area contributed by atoms with Crippen molar-refractivity contribution < 1.29 is 0 Å². The molecule has 0 aliphatic carbocycles. The van der Waals surface area contributed by atoms with Crippen LogP contribution < -0.4 is 5.32 Å². The summed E-state index contributed by atoms with van der Waals surface area (Å²) in [5.41, 5.74) is 2.23. The van der Waals surface area contributed by atoms with E-state index in [2.05, 4.69) is 49.2 Å². The third-order valence-electron chi connectivity index (χ3n) is 3.52. The average molecular weight is 268 g/mol. The first kappa shape index (κ1) is 14.7. The summed E-state index contributed by atoms with van der Waals surface area (Å²) in [4.78, 5) is 4.82. The van der Waals surface area contributed by atoms with Crippen LogP contribution in [0.15, 0.2) is 49.1 Å². The minimum Gasteiger partial charge on any atom is -0.309 e. The summed E-state index contributed by atoms with van der Waals surface area (Å²) in [6, 6.07) is 13.0. The number of rotatable bonds is 8. The molecule has 0 aliphatic rings. The number of allylic oxidation sites excluding steroid dienone is 1. The highest BCUT2D eigenvalue weighted by atomic mass is 14.9. The van der Waals surface area contributed by atoms with Crippen molar-refractivity contribution in [3.05, 3.63) is 54.7 Å². The molecule has 1 heterocycles. The molecule has 0 amide bonds. The normalized spacial score (nSPS) is 12.4. The first-order valence-corrected chi connectivity index (χ1v) is 7.55. The molecule has 106 valence electrons. The fourth-order valence-electron chi connectivity index (χ4n) is 2.42. The van der Waals surface area contributed by atoms with E-state index in [1.807, 2.05) is 12.1 Å². The molecule has 20 heavy (non-hydrogen) atoms. The van der Waals surface area contributed by atoms with Crippen molar-refractivity contribution in [2.45, 2.75) is 38.6 Å². The molecule has 0 bridgehead atoms. The molecule has 0 saturated carbocycles. The van der Waals surface area contributed by atoms with E-state index in [1.165, 1.54) is 5.39 Å². The van der Waals surface area contributed by atoms with Crippen molar-refractivity contribution in [2.75, 3.05) is 6.54 Å². The number of para-hydroxylation sites is 1. The summed E-state index contributed by atoms with van der Waals surface area (Å²) in [7, 11) is 0. The second-order valence-corrected chi connectivity index (χ2v) is 5.16. The minimum atomic E-state index is 0.347. The number of fused-ring (bicyclic) bond motifs is 1. The van der Waals surface area contributed by atoms with Crippen LogP contribution in [0.4, 0.5) is 0 Å². The van der Waals surface area contributed by atoms with Gasteiger partial charge in [-0.3, -0.25) is 4.98 Å². The molecule has 0 radical (unpaired) electrons. The van der Waals surface area contributed by atoms with Gasteiger partial charge in [0.1, 0.15) is 0 Å². The zero-order valence-corrected chi connectivity index (χ0v) is 12.3. The Bertz CT molecular complexity index is 548. The SMILES string of the molecule is C=CCCCC(NCCC)c1ccc2ccccc2n1. The predicted molar refractivity (Wildman–Crippen MR) is 86.8 cm³/mol. The van der Waals surface area contributed by atoms with Crippen molar-refractivity contribution in [2.24, 2.45) is 0 Å². The molecular formula is C18H24N2. The molecule has 1 atom stereocenters. The van der Waals surface area contributed by atoms with E-state index >= 15 is 0 Å². The van der Waals surface area contributed by atoms with Crippen LogP contribution in [-0.2, 0) is 0 Å². The number of hydrogen-bond donors (Lipinski definition) is 1. The highest BCUT2D eigenvalue weighted by Crippen LogP contribution is 2.21. The van der Waals surface area contributed by atoms with E-state index in [9.17, 15) is 0 Å². The number of aromatic nitrogens is 1. The van der Waals surface area contributed by atoms with E-state index in [1.54, 1.807) is 0 Å². The Balaban J connectivity index is 2.17. The summed E-state index contributed by atoms with van der Waals surface area (Å²) < 4.78 is 0. The molecule has 2 aromatic rings. The van der Waals surface area contributed by atoms with Crippen molar-refractivity contribution in [3.63, 3.8) is 0 Å². The lowest BCUT2D eigenvalue weighted by atomic mass is 10.0. The lowest BCUT2D eigenvalue weighted by molar-refractivity contribution is 0.477. The second kappa shape index (κ2) is 7.81. The van der Waals surface area contributed by atoms with E-state index in [4.69, 9.17) is 4.98 Å². The van der Waals surface area contributed by atoms with Gasteiger partial charge < -0.3 is 5.32 Å². The number of hydrogen-bond acceptors (Lipinski definition) is 2. The summed E-state index contributed by atoms with van der Waals surface area (Å²) in [5, 5.41) is 4.82. The van der Waals surface area contributed by atoms with Gasteiger partial charge in [-0.25, -0.2) is 0 Å². The lowest BCUT2D eigenvalue weighted by Crippen LogP contribution is -2.23. The molecule has 1 aromatic heterocycles. The minimum absolute atomic E-state index is 0.347. The molecule has 0 aliphatic heterocycles. The van der Waals surface area contributed by atoms with Crippen LogP contribution in [0.1, 0.15) is 44.3 Å². The quantitative estimate of drug-likeness (QED) is 0.557. The van der Waals surface area contributed by atoms with Crippen molar-refractivity contribution in [1.82, 2.24) is 10.3 Å². The topological polar surface area (TPSA) is 24.9 Å². The highest BCUT2D eigenvalue weighted by molar-refractivity contribution is 5.78. The van der Waals surface area contributed by atoms with E-state index in [0.717, 1.165) is 43.4 Å². The van der Waals surface area contributed by atoms with Crippen LogP contribution >= 0.6 is 0 Å². The summed E-state index contributed by atoms with van der Waals surface area (Å²) >= 11 is 0. The number of unbranched alkanes of at least 4 members (excludes halogenated alkanes) is 1. The lowest BCUT2D eigenvalue weighted by Gasteiger charge is -2.18. The van der Waals surface area contributed by atoms with E-state index in [0.29, 0.717) is 6.04 Å². The molecule has 0 fully saturated rings. The molecule has 2 heteroatoms. The van der Waals surface area contributed by atoms with Crippen LogP contribution in [-0.4, -0.2) is 11.5 Å². The molecule has 2 rings (SSSR count). The predicted octanol–water partition coefficient (Wildman–Crippen LogP) is 4.63. The zero-order chi connectivity index (χ0) is 14.2. The number of benzene rings is 1. The first-order valence-electron chi connectivity index (χ1n) is 7.55. The smallest absolute Gasteiger partial charge is 0.0706 e. The van der Waals surface area contributed by atoms with Crippen LogP contribution in [0.3, 0.4) is 0 Å². The van der Waals surface area contributed by atoms with E-state index < -0.39 is 0 Å². The van der Waals surface area contributed by atoms with Crippen LogP contribution in [0.2, 0.25) is 0 Å². The molecule has 1 unspecified atom stereocenters. The van der Waals surface area contributed by atoms with Gasteiger partial charge in [0.25, 0.3) is 0 Å². The molecular weight excluding hydrogens is 244 g/mol. The van der Waals surface area contributed by atoms with Crippen LogP contribution in [0.5, 0.6) is 0 Å². The van der Waals surface area contributed by atoms with Crippen molar-refractivity contribution in [1.29, 1.82) is 0 Å². The maximum absolute atomic E-state index is 4.82. The third-order valence-corrected chi connectivity index (χ3v) is 3.52. The van der Waals surface area contributed by atoms with Gasteiger partial charge in [-0.2, -0.15) is 0 Å². The maximum Gasteiger partial charge on any atom is 0.0706 e. The summed E-state index contributed by atoms with van der Waals surface area (Å²) in [6.07, 6.45) is 6.46. The van der Waals surface area contributed by atoms with Gasteiger partial charge in [-0.15, -0.1) is 6.58 Å². The van der Waals surface area contributed by atoms with Crippen LogP contribution in [0, 0.1) is 0 Å². The molecule has 0 spiro atoms. The third kappa shape index (κ3) is 3.91. The summed E-state index contributed by atoms with van der Waals surface area (Å²) in [6.45, 7) is 7.03. The Morgan fingerprint density at radius 2 is 2.10 bits per heavy atom. The van der Waals surface area contributed by atoms with Gasteiger partial charge >= 0.3 is 0 Å². The molecule has 1 aromatic carbocycles.